The Morgan fingerprint density at radius 1 is 1.32 bits per heavy atom. The molecule has 0 aliphatic rings. The second kappa shape index (κ2) is 6.12. The molecule has 1 aromatic heterocycles. The van der Waals surface area contributed by atoms with E-state index in [-0.39, 0.29) is 4.90 Å². The number of hydrogen-bond acceptors (Lipinski definition) is 4. The molecule has 1 aromatic carbocycles. The Bertz CT molecular complexity index is 633. The van der Waals surface area contributed by atoms with Crippen LogP contribution in [0.1, 0.15) is 15.9 Å². The summed E-state index contributed by atoms with van der Waals surface area (Å²) in [5, 5.41) is 5.98. The molecule has 19 heavy (non-hydrogen) atoms. The number of benzene rings is 1. The van der Waals surface area contributed by atoms with Gasteiger partial charge in [-0.05, 0) is 19.1 Å². The third-order valence-electron chi connectivity index (χ3n) is 2.10. The quantitative estimate of drug-likeness (QED) is 0.701. The van der Waals surface area contributed by atoms with Crippen molar-refractivity contribution < 1.29 is 17.8 Å². The molecule has 0 aliphatic heterocycles. The van der Waals surface area contributed by atoms with Gasteiger partial charge in [-0.2, -0.15) is 13.5 Å². The van der Waals surface area contributed by atoms with Crippen molar-refractivity contribution in [1.29, 1.82) is 0 Å². The standard InChI is InChI=1S/C7H8O3S.C4H5N3O/c1-6-2-4-7(5-3-6)11(8,9)10;5-4(8)3-1-6-7-2-3/h2-5H,1H3,(H,8,9,10);1-2H,(H2,5,8)(H,6,7). The highest BCUT2D eigenvalue weighted by Gasteiger charge is 2.06. The normalized spacial score (nSPS) is 10.4. The van der Waals surface area contributed by atoms with Crippen LogP contribution in [0.25, 0.3) is 0 Å². The van der Waals surface area contributed by atoms with E-state index >= 15 is 0 Å². The number of H-pyrrole nitrogens is 1. The van der Waals surface area contributed by atoms with Crippen molar-refractivity contribution in [3.8, 4) is 0 Å². The van der Waals surface area contributed by atoms with E-state index in [4.69, 9.17) is 10.3 Å². The lowest BCUT2D eigenvalue weighted by molar-refractivity contribution is 0.100. The second-order valence-electron chi connectivity index (χ2n) is 3.64. The second-order valence-corrected chi connectivity index (χ2v) is 5.06. The Morgan fingerprint density at radius 2 is 1.89 bits per heavy atom. The van der Waals surface area contributed by atoms with Gasteiger partial charge in [-0.25, -0.2) is 0 Å². The largest absolute Gasteiger partial charge is 0.366 e. The molecule has 7 nitrogen and oxygen atoms in total. The molecule has 4 N–H and O–H groups in total. The van der Waals surface area contributed by atoms with Crippen LogP contribution in [0.4, 0.5) is 0 Å². The maximum atomic E-state index is 10.5. The first-order chi connectivity index (χ1) is 8.80. The smallest absolute Gasteiger partial charge is 0.294 e. The van der Waals surface area contributed by atoms with Gasteiger partial charge in [0.1, 0.15) is 0 Å². The van der Waals surface area contributed by atoms with Gasteiger partial charge in [0.05, 0.1) is 16.7 Å². The van der Waals surface area contributed by atoms with Crippen LogP contribution in [0.3, 0.4) is 0 Å². The summed E-state index contributed by atoms with van der Waals surface area (Å²) in [7, 11) is -4.02. The fourth-order valence-corrected chi connectivity index (χ4v) is 1.58. The zero-order chi connectivity index (χ0) is 14.5. The molecule has 2 rings (SSSR count). The lowest BCUT2D eigenvalue weighted by atomic mass is 10.2. The minimum Gasteiger partial charge on any atom is -0.366 e. The van der Waals surface area contributed by atoms with Gasteiger partial charge >= 0.3 is 0 Å². The monoisotopic (exact) mass is 283 g/mol. The lowest BCUT2D eigenvalue weighted by Crippen LogP contribution is -2.09. The number of nitrogens with one attached hydrogen (secondary N) is 1. The van der Waals surface area contributed by atoms with Crippen LogP contribution >= 0.6 is 0 Å². The summed E-state index contributed by atoms with van der Waals surface area (Å²) in [6, 6.07) is 5.99. The summed E-state index contributed by atoms with van der Waals surface area (Å²) in [5.74, 6) is -0.459. The molecule has 0 saturated carbocycles. The number of rotatable bonds is 2. The molecule has 0 fully saturated rings. The molecule has 0 radical (unpaired) electrons. The SMILES string of the molecule is Cc1ccc(S(=O)(=O)O)cc1.NC(=O)c1cn[nH]c1. The molecule has 0 aliphatic carbocycles. The number of nitrogens with two attached hydrogens (primary N) is 1. The van der Waals surface area contributed by atoms with E-state index in [1.807, 2.05) is 6.92 Å². The predicted molar refractivity (Wildman–Crippen MR) is 68.1 cm³/mol. The number of carbonyl (C=O) groups is 1. The van der Waals surface area contributed by atoms with Crippen molar-refractivity contribution >= 4 is 16.0 Å². The fourth-order valence-electron chi connectivity index (χ4n) is 1.10. The first-order valence-electron chi connectivity index (χ1n) is 5.13. The minimum atomic E-state index is -4.02. The molecule has 1 amide bonds. The van der Waals surface area contributed by atoms with Crippen LogP contribution < -0.4 is 5.73 Å². The third-order valence-corrected chi connectivity index (χ3v) is 2.97. The number of aromatic amines is 1. The number of carbonyl (C=O) groups excluding carboxylic acids is 1. The van der Waals surface area contributed by atoms with Crippen molar-refractivity contribution in [2.24, 2.45) is 5.73 Å². The molecule has 8 heteroatoms. The minimum absolute atomic E-state index is 0.0666. The molecule has 2 aromatic rings. The van der Waals surface area contributed by atoms with E-state index in [1.54, 1.807) is 12.1 Å². The van der Waals surface area contributed by atoms with E-state index in [1.165, 1.54) is 24.5 Å². The highest BCUT2D eigenvalue weighted by molar-refractivity contribution is 7.85. The predicted octanol–water partition coefficient (Wildman–Crippen LogP) is 0.750. The fraction of sp³-hybridized carbons (Fsp3) is 0.0909. The summed E-state index contributed by atoms with van der Waals surface area (Å²) in [6.45, 7) is 1.84. The summed E-state index contributed by atoms with van der Waals surface area (Å²) >= 11 is 0. The van der Waals surface area contributed by atoms with Crippen LogP contribution in [0.2, 0.25) is 0 Å². The Balaban J connectivity index is 0.000000200. The van der Waals surface area contributed by atoms with Crippen LogP contribution in [-0.2, 0) is 10.1 Å². The van der Waals surface area contributed by atoms with E-state index in [0.29, 0.717) is 5.56 Å². The van der Waals surface area contributed by atoms with E-state index in [9.17, 15) is 13.2 Å². The molecule has 0 spiro atoms. The Labute approximate surface area is 110 Å². The third kappa shape index (κ3) is 4.90. The first kappa shape index (κ1) is 14.9. The molecule has 0 atom stereocenters. The average molecular weight is 283 g/mol. The van der Waals surface area contributed by atoms with E-state index < -0.39 is 16.0 Å². The molecule has 0 bridgehead atoms. The maximum absolute atomic E-state index is 10.5. The average Bonchev–Trinajstić information content (AvgIpc) is 2.82. The summed E-state index contributed by atoms with van der Waals surface area (Å²) in [4.78, 5) is 10.2. The van der Waals surface area contributed by atoms with Crippen LogP contribution in [0.15, 0.2) is 41.6 Å². The molecular weight excluding hydrogens is 270 g/mol. The molecule has 0 unspecified atom stereocenters. The number of primary amides is 1. The van der Waals surface area contributed by atoms with Gasteiger partial charge in [-0.3, -0.25) is 14.4 Å². The van der Waals surface area contributed by atoms with E-state index in [2.05, 4.69) is 10.2 Å². The number of amides is 1. The van der Waals surface area contributed by atoms with Gasteiger partial charge in [0, 0.05) is 6.20 Å². The summed E-state index contributed by atoms with van der Waals surface area (Å²) < 4.78 is 29.6. The highest BCUT2D eigenvalue weighted by atomic mass is 32.2. The lowest BCUT2D eigenvalue weighted by Gasteiger charge is -1.95. The maximum Gasteiger partial charge on any atom is 0.294 e. The summed E-state index contributed by atoms with van der Waals surface area (Å²) in [6.07, 6.45) is 2.82. The Hall–Kier alpha value is -2.19. The van der Waals surface area contributed by atoms with Crippen molar-refractivity contribution in [2.75, 3.05) is 0 Å². The Kier molecular flexibility index (Phi) is 4.79. The van der Waals surface area contributed by atoms with Gasteiger partial charge in [0.25, 0.3) is 16.0 Å². The number of aromatic nitrogens is 2. The molecular formula is C11H13N3O4S. The summed E-state index contributed by atoms with van der Waals surface area (Å²) in [5.41, 5.74) is 6.22. The highest BCUT2D eigenvalue weighted by Crippen LogP contribution is 2.08. The molecule has 1 heterocycles. The van der Waals surface area contributed by atoms with Gasteiger partial charge in [0.15, 0.2) is 0 Å². The van der Waals surface area contributed by atoms with Gasteiger partial charge < -0.3 is 5.73 Å². The van der Waals surface area contributed by atoms with E-state index in [0.717, 1.165) is 5.56 Å². The van der Waals surface area contributed by atoms with Gasteiger partial charge in [0.2, 0.25) is 0 Å². The van der Waals surface area contributed by atoms with Gasteiger partial charge in [-0.1, -0.05) is 17.7 Å². The number of hydrogen-bond donors (Lipinski definition) is 3. The Morgan fingerprint density at radius 3 is 2.21 bits per heavy atom. The van der Waals surface area contributed by atoms with Crippen molar-refractivity contribution in [2.45, 2.75) is 11.8 Å². The van der Waals surface area contributed by atoms with Crippen molar-refractivity contribution in [3.05, 3.63) is 47.8 Å². The zero-order valence-electron chi connectivity index (χ0n) is 10.1. The van der Waals surface area contributed by atoms with Crippen molar-refractivity contribution in [1.82, 2.24) is 10.2 Å². The number of nitrogens with zero attached hydrogens (tertiary/aromatic N) is 1. The van der Waals surface area contributed by atoms with Crippen molar-refractivity contribution in [3.63, 3.8) is 0 Å². The van der Waals surface area contributed by atoms with Gasteiger partial charge in [-0.15, -0.1) is 0 Å². The molecule has 102 valence electrons. The molecule has 0 saturated heterocycles. The van der Waals surface area contributed by atoms with Crippen LogP contribution in [0.5, 0.6) is 0 Å². The van der Waals surface area contributed by atoms with Crippen LogP contribution in [-0.4, -0.2) is 29.1 Å². The number of aryl methyl sites for hydroxylation is 1. The topological polar surface area (TPSA) is 126 Å². The van der Waals surface area contributed by atoms with Crippen LogP contribution in [0, 0.1) is 6.92 Å². The first-order valence-corrected chi connectivity index (χ1v) is 6.57. The zero-order valence-corrected chi connectivity index (χ0v) is 10.9.